The van der Waals surface area contributed by atoms with Crippen molar-refractivity contribution in [2.75, 3.05) is 0 Å². The predicted molar refractivity (Wildman–Crippen MR) is 80.6 cm³/mol. The Morgan fingerprint density at radius 1 is 1.15 bits per heavy atom. The summed E-state index contributed by atoms with van der Waals surface area (Å²) in [6, 6.07) is 13.4. The minimum Gasteiger partial charge on any atom is -0.307 e. The maximum atomic E-state index is 13.8. The highest BCUT2D eigenvalue weighted by molar-refractivity contribution is 6.30. The molecule has 0 bridgehead atoms. The summed E-state index contributed by atoms with van der Waals surface area (Å²) in [6.45, 7) is 2.01. The van der Waals surface area contributed by atoms with Crippen LogP contribution >= 0.6 is 11.6 Å². The van der Waals surface area contributed by atoms with Gasteiger partial charge in [0.05, 0.1) is 0 Å². The van der Waals surface area contributed by atoms with Crippen LogP contribution in [0.15, 0.2) is 42.5 Å². The van der Waals surface area contributed by atoms with Crippen molar-refractivity contribution in [3.63, 3.8) is 0 Å². The van der Waals surface area contributed by atoms with Crippen molar-refractivity contribution >= 4 is 11.6 Å². The molecule has 0 amide bonds. The molecule has 1 aliphatic carbocycles. The van der Waals surface area contributed by atoms with Crippen LogP contribution < -0.4 is 5.32 Å². The normalized spacial score (nSPS) is 18.9. The first-order valence-electron chi connectivity index (χ1n) is 6.91. The molecule has 1 aliphatic rings. The summed E-state index contributed by atoms with van der Waals surface area (Å²) in [5, 5.41) is 4.30. The van der Waals surface area contributed by atoms with Gasteiger partial charge in [0.25, 0.3) is 0 Å². The van der Waals surface area contributed by atoms with Gasteiger partial charge in [-0.15, -0.1) is 0 Å². The quantitative estimate of drug-likeness (QED) is 0.888. The molecule has 0 aromatic heterocycles. The van der Waals surface area contributed by atoms with Crippen molar-refractivity contribution in [1.29, 1.82) is 0 Å². The maximum Gasteiger partial charge on any atom is 0.127 e. The van der Waals surface area contributed by atoms with Crippen LogP contribution in [0.3, 0.4) is 0 Å². The van der Waals surface area contributed by atoms with E-state index >= 15 is 0 Å². The number of rotatable bonds is 3. The molecule has 0 spiro atoms. The summed E-state index contributed by atoms with van der Waals surface area (Å²) in [7, 11) is 0. The van der Waals surface area contributed by atoms with E-state index in [9.17, 15) is 4.39 Å². The molecule has 0 saturated carbocycles. The van der Waals surface area contributed by atoms with Crippen LogP contribution in [-0.4, -0.2) is 6.04 Å². The van der Waals surface area contributed by atoms with Crippen molar-refractivity contribution in [3.8, 4) is 0 Å². The largest absolute Gasteiger partial charge is 0.307 e. The van der Waals surface area contributed by atoms with E-state index in [-0.39, 0.29) is 11.9 Å². The van der Waals surface area contributed by atoms with E-state index < -0.39 is 0 Å². The standard InChI is InChI=1S/C17H17ClFN/c1-11(16-4-2-3-5-17(16)19)20-15-9-12-6-7-14(18)8-13(12)10-15/h2-8,11,15,20H,9-10H2,1H3. The van der Waals surface area contributed by atoms with Gasteiger partial charge in [-0.1, -0.05) is 35.9 Å². The molecule has 1 N–H and O–H groups in total. The maximum absolute atomic E-state index is 13.8. The molecule has 0 saturated heterocycles. The molecule has 2 aromatic rings. The summed E-state index contributed by atoms with van der Waals surface area (Å²) < 4.78 is 13.8. The molecule has 1 nitrogen and oxygen atoms in total. The van der Waals surface area contributed by atoms with Gasteiger partial charge in [-0.25, -0.2) is 4.39 Å². The molecule has 2 unspecified atom stereocenters. The third-order valence-electron chi connectivity index (χ3n) is 3.96. The first-order valence-corrected chi connectivity index (χ1v) is 7.29. The van der Waals surface area contributed by atoms with Gasteiger partial charge >= 0.3 is 0 Å². The molecule has 0 heterocycles. The average Bonchev–Trinajstić information content (AvgIpc) is 2.80. The molecule has 3 rings (SSSR count). The van der Waals surface area contributed by atoms with Gasteiger partial charge in [-0.2, -0.15) is 0 Å². The third-order valence-corrected chi connectivity index (χ3v) is 4.19. The lowest BCUT2D eigenvalue weighted by molar-refractivity contribution is 0.452. The number of fused-ring (bicyclic) bond motifs is 1. The van der Waals surface area contributed by atoms with E-state index in [1.807, 2.05) is 31.2 Å². The van der Waals surface area contributed by atoms with Gasteiger partial charge in [-0.3, -0.25) is 0 Å². The second-order valence-corrected chi connectivity index (χ2v) is 5.86. The van der Waals surface area contributed by atoms with Crippen molar-refractivity contribution in [3.05, 3.63) is 70.0 Å². The fourth-order valence-corrected chi connectivity index (χ4v) is 3.17. The zero-order chi connectivity index (χ0) is 14.1. The number of nitrogens with one attached hydrogen (secondary N) is 1. The molecule has 0 fully saturated rings. The number of halogens is 2. The third kappa shape index (κ3) is 2.72. The zero-order valence-electron chi connectivity index (χ0n) is 11.4. The van der Waals surface area contributed by atoms with Crippen molar-refractivity contribution in [2.24, 2.45) is 0 Å². The van der Waals surface area contributed by atoms with E-state index in [4.69, 9.17) is 11.6 Å². The van der Waals surface area contributed by atoms with Crippen LogP contribution in [0.25, 0.3) is 0 Å². The smallest absolute Gasteiger partial charge is 0.127 e. The fourth-order valence-electron chi connectivity index (χ4n) is 2.97. The van der Waals surface area contributed by atoms with E-state index in [1.54, 1.807) is 6.07 Å². The number of hydrogen-bond donors (Lipinski definition) is 1. The second-order valence-electron chi connectivity index (χ2n) is 5.43. The highest BCUT2D eigenvalue weighted by Gasteiger charge is 2.23. The Bertz CT molecular complexity index is 626. The van der Waals surface area contributed by atoms with E-state index in [2.05, 4.69) is 11.4 Å². The predicted octanol–water partition coefficient (Wildman–Crippen LogP) is 4.30. The summed E-state index contributed by atoms with van der Waals surface area (Å²) >= 11 is 6.02. The van der Waals surface area contributed by atoms with Gasteiger partial charge in [0.15, 0.2) is 0 Å². The van der Waals surface area contributed by atoms with E-state index in [1.165, 1.54) is 17.2 Å². The SMILES string of the molecule is CC(NC1Cc2ccc(Cl)cc2C1)c1ccccc1F. The molecular weight excluding hydrogens is 273 g/mol. The van der Waals surface area contributed by atoms with Gasteiger partial charge in [0.2, 0.25) is 0 Å². The lowest BCUT2D eigenvalue weighted by Crippen LogP contribution is -2.32. The molecule has 20 heavy (non-hydrogen) atoms. The Morgan fingerprint density at radius 2 is 1.90 bits per heavy atom. The molecular formula is C17H17ClFN. The fraction of sp³-hybridized carbons (Fsp3) is 0.294. The minimum atomic E-state index is -0.147. The van der Waals surface area contributed by atoms with Gasteiger partial charge in [-0.05, 0) is 49.1 Å². The highest BCUT2D eigenvalue weighted by atomic mass is 35.5. The molecule has 104 valence electrons. The molecule has 3 heteroatoms. The molecule has 0 radical (unpaired) electrons. The van der Waals surface area contributed by atoms with Crippen LogP contribution in [0.1, 0.15) is 29.7 Å². The number of hydrogen-bond acceptors (Lipinski definition) is 1. The van der Waals surface area contributed by atoms with Crippen LogP contribution in [0.4, 0.5) is 4.39 Å². The zero-order valence-corrected chi connectivity index (χ0v) is 12.1. The molecule has 0 aliphatic heterocycles. The Morgan fingerprint density at radius 3 is 2.70 bits per heavy atom. The highest BCUT2D eigenvalue weighted by Crippen LogP contribution is 2.27. The minimum absolute atomic E-state index is 0.00554. The van der Waals surface area contributed by atoms with Crippen molar-refractivity contribution < 1.29 is 4.39 Å². The summed E-state index contributed by atoms with van der Waals surface area (Å²) in [5.74, 6) is -0.147. The monoisotopic (exact) mass is 289 g/mol. The van der Waals surface area contributed by atoms with Gasteiger partial charge in [0.1, 0.15) is 5.82 Å². The van der Waals surface area contributed by atoms with Gasteiger partial charge in [0, 0.05) is 22.7 Å². The summed E-state index contributed by atoms with van der Waals surface area (Å²) in [4.78, 5) is 0. The van der Waals surface area contributed by atoms with Crippen LogP contribution in [-0.2, 0) is 12.8 Å². The van der Waals surface area contributed by atoms with E-state index in [0.29, 0.717) is 6.04 Å². The first-order chi connectivity index (χ1) is 9.63. The number of benzene rings is 2. The Balaban J connectivity index is 1.70. The van der Waals surface area contributed by atoms with Crippen LogP contribution in [0.5, 0.6) is 0 Å². The first kappa shape index (κ1) is 13.6. The molecule has 2 aromatic carbocycles. The lowest BCUT2D eigenvalue weighted by atomic mass is 10.1. The summed E-state index contributed by atoms with van der Waals surface area (Å²) in [5.41, 5.74) is 3.37. The Hall–Kier alpha value is -1.38. The van der Waals surface area contributed by atoms with Crippen molar-refractivity contribution in [2.45, 2.75) is 31.8 Å². The van der Waals surface area contributed by atoms with Crippen LogP contribution in [0, 0.1) is 5.82 Å². The molecule has 2 atom stereocenters. The lowest BCUT2D eigenvalue weighted by Gasteiger charge is -2.20. The van der Waals surface area contributed by atoms with E-state index in [0.717, 1.165) is 23.4 Å². The summed E-state index contributed by atoms with van der Waals surface area (Å²) in [6.07, 6.45) is 1.93. The topological polar surface area (TPSA) is 12.0 Å². The van der Waals surface area contributed by atoms with Crippen molar-refractivity contribution in [1.82, 2.24) is 5.32 Å². The van der Waals surface area contributed by atoms with Crippen LogP contribution in [0.2, 0.25) is 5.02 Å². The second kappa shape index (κ2) is 5.55. The Labute approximate surface area is 123 Å². The Kier molecular flexibility index (Phi) is 3.77. The average molecular weight is 290 g/mol. The van der Waals surface area contributed by atoms with Gasteiger partial charge < -0.3 is 5.32 Å².